The van der Waals surface area contributed by atoms with Gasteiger partial charge in [0.05, 0.1) is 18.2 Å². The Bertz CT molecular complexity index is 910. The Morgan fingerprint density at radius 2 is 2.00 bits per heavy atom. The van der Waals surface area contributed by atoms with Crippen LogP contribution in [0.15, 0.2) is 53.6 Å². The molecule has 0 unspecified atom stereocenters. The summed E-state index contributed by atoms with van der Waals surface area (Å²) in [6, 6.07) is 16.6. The van der Waals surface area contributed by atoms with E-state index in [4.69, 9.17) is 5.26 Å². The fourth-order valence-corrected chi connectivity index (χ4v) is 2.68. The Hall–Kier alpha value is -3.46. The van der Waals surface area contributed by atoms with E-state index in [0.717, 1.165) is 11.1 Å². The van der Waals surface area contributed by atoms with Crippen molar-refractivity contribution in [3.05, 3.63) is 59.7 Å². The second-order valence-corrected chi connectivity index (χ2v) is 6.08. The number of nitriles is 1. The molecule has 1 aliphatic rings. The highest BCUT2D eigenvalue weighted by Gasteiger charge is 2.25. The van der Waals surface area contributed by atoms with Crippen molar-refractivity contribution < 1.29 is 9.59 Å². The van der Waals surface area contributed by atoms with Gasteiger partial charge >= 0.3 is 0 Å². The molecule has 0 atom stereocenters. The van der Waals surface area contributed by atoms with Gasteiger partial charge in [-0.3, -0.25) is 9.59 Å². The minimum absolute atomic E-state index is 0.131. The first-order chi connectivity index (χ1) is 12.6. The molecule has 26 heavy (non-hydrogen) atoms. The van der Waals surface area contributed by atoms with E-state index in [0.29, 0.717) is 29.9 Å². The zero-order valence-corrected chi connectivity index (χ0v) is 14.4. The van der Waals surface area contributed by atoms with Gasteiger partial charge in [-0.15, -0.1) is 0 Å². The van der Waals surface area contributed by atoms with E-state index in [-0.39, 0.29) is 18.2 Å². The van der Waals surface area contributed by atoms with Crippen molar-refractivity contribution in [1.82, 2.24) is 0 Å². The standard InChI is InChI=1S/C20H18N4O2/c1-14-3-2-4-17(13-14)24-19(25)10-9-18(23-24)20(26)22-16-7-5-15(6-8-16)11-12-21/h2-8,13H,9-11H2,1H3,(H,22,26). The number of hydrogen-bond donors (Lipinski definition) is 1. The Kier molecular flexibility index (Phi) is 5.09. The normalized spacial score (nSPS) is 13.8. The van der Waals surface area contributed by atoms with Gasteiger partial charge in [-0.1, -0.05) is 24.3 Å². The smallest absolute Gasteiger partial charge is 0.271 e. The molecule has 0 saturated heterocycles. The summed E-state index contributed by atoms with van der Waals surface area (Å²) in [4.78, 5) is 24.7. The summed E-state index contributed by atoms with van der Waals surface area (Å²) in [7, 11) is 0. The van der Waals surface area contributed by atoms with Gasteiger partial charge < -0.3 is 5.32 Å². The van der Waals surface area contributed by atoms with Gasteiger partial charge in [0.15, 0.2) is 0 Å². The molecule has 0 spiro atoms. The largest absolute Gasteiger partial charge is 0.321 e. The fourth-order valence-electron chi connectivity index (χ4n) is 2.68. The lowest BCUT2D eigenvalue weighted by Gasteiger charge is -2.23. The molecule has 3 rings (SSSR count). The van der Waals surface area contributed by atoms with E-state index in [2.05, 4.69) is 16.5 Å². The van der Waals surface area contributed by atoms with Crippen molar-refractivity contribution >= 4 is 28.9 Å². The Labute approximate surface area is 151 Å². The molecule has 1 N–H and O–H groups in total. The Morgan fingerprint density at radius 3 is 2.69 bits per heavy atom. The minimum Gasteiger partial charge on any atom is -0.321 e. The molecular formula is C20H18N4O2. The number of hydrogen-bond acceptors (Lipinski definition) is 4. The SMILES string of the molecule is Cc1cccc(N2N=C(C(=O)Nc3ccc(CC#N)cc3)CCC2=O)c1. The molecule has 6 heteroatoms. The van der Waals surface area contributed by atoms with E-state index >= 15 is 0 Å². The molecule has 0 radical (unpaired) electrons. The third-order valence-corrected chi connectivity index (χ3v) is 4.04. The summed E-state index contributed by atoms with van der Waals surface area (Å²) < 4.78 is 0. The first-order valence-corrected chi connectivity index (χ1v) is 8.31. The Balaban J connectivity index is 1.77. The van der Waals surface area contributed by atoms with E-state index in [1.807, 2.05) is 25.1 Å². The van der Waals surface area contributed by atoms with Gasteiger partial charge in [-0.05, 0) is 42.3 Å². The van der Waals surface area contributed by atoms with Crippen LogP contribution in [0.2, 0.25) is 0 Å². The molecule has 0 saturated carbocycles. The second-order valence-electron chi connectivity index (χ2n) is 6.08. The highest BCUT2D eigenvalue weighted by atomic mass is 16.2. The van der Waals surface area contributed by atoms with Crippen LogP contribution in [0, 0.1) is 18.3 Å². The van der Waals surface area contributed by atoms with Crippen molar-refractivity contribution in [2.24, 2.45) is 5.10 Å². The van der Waals surface area contributed by atoms with Crippen molar-refractivity contribution in [3.8, 4) is 6.07 Å². The molecule has 0 aromatic heterocycles. The summed E-state index contributed by atoms with van der Waals surface area (Å²) in [6.07, 6.45) is 0.870. The van der Waals surface area contributed by atoms with Crippen molar-refractivity contribution in [2.75, 3.05) is 10.3 Å². The number of aryl methyl sites for hydroxylation is 1. The van der Waals surface area contributed by atoms with E-state index < -0.39 is 0 Å². The number of amides is 2. The predicted octanol–water partition coefficient (Wildman–Crippen LogP) is 3.18. The minimum atomic E-state index is -0.330. The monoisotopic (exact) mass is 346 g/mol. The fraction of sp³-hybridized carbons (Fsp3) is 0.200. The van der Waals surface area contributed by atoms with Crippen molar-refractivity contribution in [3.63, 3.8) is 0 Å². The number of carbonyl (C=O) groups excluding carboxylic acids is 2. The number of anilines is 2. The lowest BCUT2D eigenvalue weighted by molar-refractivity contribution is -0.118. The van der Waals surface area contributed by atoms with Crippen LogP contribution >= 0.6 is 0 Å². The summed E-state index contributed by atoms with van der Waals surface area (Å²) >= 11 is 0. The van der Waals surface area contributed by atoms with Crippen LogP contribution in [-0.4, -0.2) is 17.5 Å². The average molecular weight is 346 g/mol. The zero-order valence-electron chi connectivity index (χ0n) is 14.4. The third kappa shape index (κ3) is 3.95. The topological polar surface area (TPSA) is 85.6 Å². The van der Waals surface area contributed by atoms with Gasteiger partial charge in [0.2, 0.25) is 5.91 Å². The third-order valence-electron chi connectivity index (χ3n) is 4.04. The van der Waals surface area contributed by atoms with E-state index in [1.165, 1.54) is 5.01 Å². The molecule has 1 heterocycles. The molecule has 0 bridgehead atoms. The molecule has 0 aliphatic carbocycles. The van der Waals surface area contributed by atoms with E-state index in [9.17, 15) is 9.59 Å². The quantitative estimate of drug-likeness (QED) is 0.922. The maximum atomic E-state index is 12.5. The van der Waals surface area contributed by atoms with Gasteiger partial charge in [0.25, 0.3) is 5.91 Å². The lowest BCUT2D eigenvalue weighted by Crippen LogP contribution is -2.36. The van der Waals surface area contributed by atoms with Gasteiger partial charge in [-0.25, -0.2) is 5.01 Å². The summed E-state index contributed by atoms with van der Waals surface area (Å²) in [5, 5.41) is 17.0. The lowest BCUT2D eigenvalue weighted by atomic mass is 10.1. The molecule has 2 aromatic rings. The first-order valence-electron chi connectivity index (χ1n) is 8.31. The maximum absolute atomic E-state index is 12.5. The van der Waals surface area contributed by atoms with Crippen LogP contribution in [-0.2, 0) is 16.0 Å². The van der Waals surface area contributed by atoms with Crippen LogP contribution in [0.1, 0.15) is 24.0 Å². The molecule has 2 amide bonds. The summed E-state index contributed by atoms with van der Waals surface area (Å²) in [5.41, 5.74) is 3.49. The zero-order chi connectivity index (χ0) is 18.5. The first kappa shape index (κ1) is 17.4. The number of carbonyl (C=O) groups is 2. The number of nitrogens with zero attached hydrogens (tertiary/aromatic N) is 3. The van der Waals surface area contributed by atoms with Crippen molar-refractivity contribution in [1.29, 1.82) is 5.26 Å². The van der Waals surface area contributed by atoms with Crippen molar-refractivity contribution in [2.45, 2.75) is 26.2 Å². The number of nitrogens with one attached hydrogen (secondary N) is 1. The number of rotatable bonds is 4. The molecule has 0 fully saturated rings. The number of hydrazone groups is 1. The van der Waals surface area contributed by atoms with Crippen LogP contribution in [0.5, 0.6) is 0 Å². The van der Waals surface area contributed by atoms with Gasteiger partial charge in [0, 0.05) is 18.5 Å². The van der Waals surface area contributed by atoms with Crippen LogP contribution in [0.4, 0.5) is 11.4 Å². The molecule has 2 aromatic carbocycles. The van der Waals surface area contributed by atoms with Gasteiger partial charge in [0.1, 0.15) is 5.71 Å². The highest BCUT2D eigenvalue weighted by molar-refractivity contribution is 6.44. The van der Waals surface area contributed by atoms with E-state index in [1.54, 1.807) is 30.3 Å². The summed E-state index contributed by atoms with van der Waals surface area (Å²) in [6.45, 7) is 1.94. The van der Waals surface area contributed by atoms with Crippen LogP contribution < -0.4 is 10.3 Å². The highest BCUT2D eigenvalue weighted by Crippen LogP contribution is 2.21. The predicted molar refractivity (Wildman–Crippen MR) is 99.7 cm³/mol. The average Bonchev–Trinajstić information content (AvgIpc) is 2.64. The molecule has 1 aliphatic heterocycles. The van der Waals surface area contributed by atoms with Crippen LogP contribution in [0.3, 0.4) is 0 Å². The van der Waals surface area contributed by atoms with Crippen LogP contribution in [0.25, 0.3) is 0 Å². The molecule has 6 nitrogen and oxygen atoms in total. The number of benzene rings is 2. The maximum Gasteiger partial charge on any atom is 0.271 e. The Morgan fingerprint density at radius 1 is 1.23 bits per heavy atom. The summed E-state index contributed by atoms with van der Waals surface area (Å²) in [5.74, 6) is -0.462. The second kappa shape index (κ2) is 7.62. The van der Waals surface area contributed by atoms with Gasteiger partial charge in [-0.2, -0.15) is 10.4 Å². The molecule has 130 valence electrons. The molecular weight excluding hydrogens is 328 g/mol.